The van der Waals surface area contributed by atoms with Crippen molar-refractivity contribution in [3.05, 3.63) is 22.7 Å². The Labute approximate surface area is 78.6 Å². The zero-order valence-electron chi connectivity index (χ0n) is 6.39. The van der Waals surface area contributed by atoms with Crippen LogP contribution in [0, 0.1) is 0 Å². The predicted molar refractivity (Wildman–Crippen MR) is 50.0 cm³/mol. The van der Waals surface area contributed by atoms with E-state index in [-0.39, 0.29) is 6.61 Å². The van der Waals surface area contributed by atoms with E-state index in [0.717, 1.165) is 0 Å². The zero-order chi connectivity index (χ0) is 8.97. The molecule has 12 heavy (non-hydrogen) atoms. The van der Waals surface area contributed by atoms with Crippen molar-refractivity contribution in [3.63, 3.8) is 0 Å². The third kappa shape index (κ3) is 2.11. The van der Waals surface area contributed by atoms with Gasteiger partial charge in [0.05, 0.1) is 4.47 Å². The molecule has 0 aliphatic heterocycles. The summed E-state index contributed by atoms with van der Waals surface area (Å²) in [6, 6.07) is 5.23. The normalized spacial score (nSPS) is 9.83. The van der Waals surface area contributed by atoms with Crippen molar-refractivity contribution < 1.29 is 9.13 Å². The molecule has 0 aliphatic rings. The molecule has 0 bridgehead atoms. The minimum Gasteiger partial charge on any atom is -0.490 e. The number of hydrogen-bond donors (Lipinski definition) is 1. The number of rotatable bonds is 3. The molecule has 0 radical (unpaired) electrons. The Bertz CT molecular complexity index is 267. The first-order valence-corrected chi connectivity index (χ1v) is 4.27. The summed E-state index contributed by atoms with van der Waals surface area (Å²) >= 11 is 3.24. The highest BCUT2D eigenvalue weighted by atomic mass is 79.9. The summed E-state index contributed by atoms with van der Waals surface area (Å²) in [5.74, 6) is 0.577. The van der Waals surface area contributed by atoms with Crippen LogP contribution >= 0.6 is 15.9 Å². The van der Waals surface area contributed by atoms with E-state index >= 15 is 0 Å². The Kier molecular flexibility index (Phi) is 3.34. The fourth-order valence-electron chi connectivity index (χ4n) is 0.788. The van der Waals surface area contributed by atoms with Crippen molar-refractivity contribution in [2.24, 2.45) is 0 Å². The molecule has 0 spiro atoms. The molecule has 4 heteroatoms. The van der Waals surface area contributed by atoms with Crippen LogP contribution in [0.1, 0.15) is 0 Å². The largest absolute Gasteiger partial charge is 0.490 e. The summed E-state index contributed by atoms with van der Waals surface area (Å²) in [5, 5.41) is 0. The number of alkyl halides is 1. The van der Waals surface area contributed by atoms with Gasteiger partial charge in [0.15, 0.2) is 0 Å². The molecule has 0 atom stereocenters. The molecule has 0 saturated heterocycles. The molecule has 2 nitrogen and oxygen atoms in total. The molecule has 1 aromatic rings. The molecular weight excluding hydrogens is 225 g/mol. The van der Waals surface area contributed by atoms with Gasteiger partial charge < -0.3 is 10.5 Å². The average Bonchev–Trinajstić information content (AvgIpc) is 2.08. The van der Waals surface area contributed by atoms with Gasteiger partial charge in [-0.05, 0) is 28.1 Å². The number of halogens is 2. The van der Waals surface area contributed by atoms with E-state index in [1.807, 2.05) is 0 Å². The van der Waals surface area contributed by atoms with E-state index in [4.69, 9.17) is 10.5 Å². The fraction of sp³-hybridized carbons (Fsp3) is 0.250. The Hall–Kier alpha value is -0.770. The minimum absolute atomic E-state index is 0.0576. The van der Waals surface area contributed by atoms with E-state index in [9.17, 15) is 4.39 Å². The molecule has 66 valence electrons. The van der Waals surface area contributed by atoms with Crippen LogP contribution in [-0.4, -0.2) is 13.3 Å². The second-order valence-corrected chi connectivity index (χ2v) is 2.99. The van der Waals surface area contributed by atoms with Crippen LogP contribution in [0.4, 0.5) is 10.1 Å². The van der Waals surface area contributed by atoms with E-state index < -0.39 is 6.67 Å². The van der Waals surface area contributed by atoms with Crippen LogP contribution in [0.15, 0.2) is 22.7 Å². The molecule has 0 aliphatic carbocycles. The second-order valence-electron chi connectivity index (χ2n) is 2.20. The highest BCUT2D eigenvalue weighted by Crippen LogP contribution is 2.29. The molecule has 0 saturated carbocycles. The maximum Gasteiger partial charge on any atom is 0.135 e. The Morgan fingerprint density at radius 1 is 1.50 bits per heavy atom. The van der Waals surface area contributed by atoms with Crippen LogP contribution in [0.5, 0.6) is 5.75 Å². The lowest BCUT2D eigenvalue weighted by Crippen LogP contribution is -2.00. The van der Waals surface area contributed by atoms with Gasteiger partial charge in [-0.25, -0.2) is 4.39 Å². The summed E-state index contributed by atoms with van der Waals surface area (Å²) in [6.45, 7) is -0.441. The first-order chi connectivity index (χ1) is 5.75. The zero-order valence-corrected chi connectivity index (χ0v) is 7.97. The number of anilines is 1. The second kappa shape index (κ2) is 4.30. The molecule has 0 unspecified atom stereocenters. The number of hydrogen-bond acceptors (Lipinski definition) is 2. The van der Waals surface area contributed by atoms with Gasteiger partial charge in [-0.2, -0.15) is 0 Å². The van der Waals surface area contributed by atoms with Crippen LogP contribution in [0.25, 0.3) is 0 Å². The van der Waals surface area contributed by atoms with E-state index in [1.165, 1.54) is 0 Å². The molecule has 1 rings (SSSR count). The maximum absolute atomic E-state index is 11.7. The standard InChI is InChI=1S/C8H9BrFNO/c9-8-6(11)2-1-3-7(8)12-5-4-10/h1-3H,4-5,11H2. The molecule has 0 heterocycles. The van der Waals surface area contributed by atoms with Gasteiger partial charge in [-0.1, -0.05) is 6.07 Å². The van der Waals surface area contributed by atoms with Crippen molar-refractivity contribution in [2.75, 3.05) is 19.0 Å². The molecule has 0 aromatic heterocycles. The van der Waals surface area contributed by atoms with Crippen molar-refractivity contribution >= 4 is 21.6 Å². The van der Waals surface area contributed by atoms with Gasteiger partial charge in [0.25, 0.3) is 0 Å². The average molecular weight is 234 g/mol. The maximum atomic E-state index is 11.7. The van der Waals surface area contributed by atoms with Crippen LogP contribution in [-0.2, 0) is 0 Å². The van der Waals surface area contributed by atoms with E-state index in [0.29, 0.717) is 15.9 Å². The predicted octanol–water partition coefficient (Wildman–Crippen LogP) is 2.38. The Morgan fingerprint density at radius 2 is 2.25 bits per heavy atom. The van der Waals surface area contributed by atoms with Crippen LogP contribution in [0.2, 0.25) is 0 Å². The first kappa shape index (κ1) is 9.32. The van der Waals surface area contributed by atoms with Crippen molar-refractivity contribution in [1.29, 1.82) is 0 Å². The van der Waals surface area contributed by atoms with Gasteiger partial charge in [-0.3, -0.25) is 0 Å². The van der Waals surface area contributed by atoms with Gasteiger partial charge in [0, 0.05) is 5.69 Å². The topological polar surface area (TPSA) is 35.2 Å². The Balaban J connectivity index is 2.78. The lowest BCUT2D eigenvalue weighted by Gasteiger charge is -2.06. The van der Waals surface area contributed by atoms with Crippen LogP contribution in [0.3, 0.4) is 0 Å². The monoisotopic (exact) mass is 233 g/mol. The molecule has 2 N–H and O–H groups in total. The summed E-state index contributed by atoms with van der Waals surface area (Å²) < 4.78 is 17.5. The van der Waals surface area contributed by atoms with Crippen molar-refractivity contribution in [2.45, 2.75) is 0 Å². The van der Waals surface area contributed by atoms with Crippen molar-refractivity contribution in [1.82, 2.24) is 0 Å². The highest BCUT2D eigenvalue weighted by Gasteiger charge is 2.02. The number of nitrogen functional groups attached to an aromatic ring is 1. The van der Waals surface area contributed by atoms with Crippen LogP contribution < -0.4 is 10.5 Å². The lowest BCUT2D eigenvalue weighted by atomic mass is 10.3. The summed E-state index contributed by atoms with van der Waals surface area (Å²) in [4.78, 5) is 0. The third-order valence-electron chi connectivity index (χ3n) is 1.33. The fourth-order valence-corrected chi connectivity index (χ4v) is 1.17. The summed E-state index contributed by atoms with van der Waals surface area (Å²) in [5.41, 5.74) is 6.16. The lowest BCUT2D eigenvalue weighted by molar-refractivity contribution is 0.272. The molecular formula is C8H9BrFNO. The Morgan fingerprint density at radius 3 is 2.92 bits per heavy atom. The van der Waals surface area contributed by atoms with Gasteiger partial charge in [0.1, 0.15) is 19.0 Å². The van der Waals surface area contributed by atoms with E-state index in [2.05, 4.69) is 15.9 Å². The molecule has 0 fully saturated rings. The van der Waals surface area contributed by atoms with E-state index in [1.54, 1.807) is 18.2 Å². The van der Waals surface area contributed by atoms with Gasteiger partial charge in [-0.15, -0.1) is 0 Å². The summed E-state index contributed by atoms with van der Waals surface area (Å²) in [7, 11) is 0. The number of benzene rings is 1. The van der Waals surface area contributed by atoms with Gasteiger partial charge >= 0.3 is 0 Å². The summed E-state index contributed by atoms with van der Waals surface area (Å²) in [6.07, 6.45) is 0. The molecule has 1 aromatic carbocycles. The highest BCUT2D eigenvalue weighted by molar-refractivity contribution is 9.10. The number of ether oxygens (including phenoxy) is 1. The van der Waals surface area contributed by atoms with Crippen molar-refractivity contribution in [3.8, 4) is 5.75 Å². The minimum atomic E-state index is -0.499. The third-order valence-corrected chi connectivity index (χ3v) is 2.18. The smallest absolute Gasteiger partial charge is 0.135 e. The van der Waals surface area contributed by atoms with Gasteiger partial charge in [0.2, 0.25) is 0 Å². The molecule has 0 amide bonds. The number of nitrogens with two attached hydrogens (primary N) is 1. The quantitative estimate of drug-likeness (QED) is 0.815. The first-order valence-electron chi connectivity index (χ1n) is 3.48. The SMILES string of the molecule is Nc1cccc(OCCF)c1Br.